The first kappa shape index (κ1) is 27.1. The Balaban J connectivity index is 1.28. The Morgan fingerprint density at radius 3 is 2.49 bits per heavy atom. The van der Waals surface area contributed by atoms with Gasteiger partial charge in [0.15, 0.2) is 6.29 Å². The van der Waals surface area contributed by atoms with Gasteiger partial charge in [-0.3, -0.25) is 14.9 Å². The van der Waals surface area contributed by atoms with Gasteiger partial charge in [-0.1, -0.05) is 37.0 Å². The van der Waals surface area contributed by atoms with Crippen molar-refractivity contribution in [3.63, 3.8) is 0 Å². The van der Waals surface area contributed by atoms with Gasteiger partial charge < -0.3 is 24.6 Å². The second kappa shape index (κ2) is 12.1. The van der Waals surface area contributed by atoms with Crippen molar-refractivity contribution in [2.75, 3.05) is 51.3 Å². The van der Waals surface area contributed by atoms with E-state index in [2.05, 4.69) is 63.6 Å². The number of carbonyl (C=O) groups excluding carboxylic acids is 2. The van der Waals surface area contributed by atoms with Crippen LogP contribution in [0.3, 0.4) is 0 Å². The zero-order chi connectivity index (χ0) is 27.4. The summed E-state index contributed by atoms with van der Waals surface area (Å²) in [6.07, 6.45) is 2.40. The summed E-state index contributed by atoms with van der Waals surface area (Å²) in [5.74, 6) is 5.31. The fourth-order valence-electron chi connectivity index (χ4n) is 5.05. The van der Waals surface area contributed by atoms with Crippen LogP contribution in [0.1, 0.15) is 53.4 Å². The molecule has 8 heteroatoms. The number of fused-ring (bicyclic) bond motifs is 1. The number of nitrogens with zero attached hydrogens (tertiary/aromatic N) is 2. The van der Waals surface area contributed by atoms with E-state index in [0.717, 1.165) is 38.2 Å². The molecule has 0 spiro atoms. The Hall–Kier alpha value is -3.48. The normalized spacial score (nSPS) is 22.6. The van der Waals surface area contributed by atoms with Crippen LogP contribution in [0.15, 0.2) is 48.5 Å². The van der Waals surface area contributed by atoms with E-state index in [1.54, 1.807) is 12.1 Å². The predicted molar refractivity (Wildman–Crippen MR) is 151 cm³/mol. The number of rotatable bonds is 8. The summed E-state index contributed by atoms with van der Waals surface area (Å²) in [4.78, 5) is 30.1. The molecule has 3 aliphatic rings. The van der Waals surface area contributed by atoms with E-state index in [1.807, 2.05) is 26.0 Å². The number of ether oxygens (including phenoxy) is 2. The number of piperazine rings is 1. The molecule has 0 radical (unpaired) electrons. The van der Waals surface area contributed by atoms with E-state index in [4.69, 9.17) is 9.47 Å². The van der Waals surface area contributed by atoms with Gasteiger partial charge >= 0.3 is 0 Å². The van der Waals surface area contributed by atoms with Crippen molar-refractivity contribution in [2.45, 2.75) is 38.6 Å². The number of hydrogen-bond donors (Lipinski definition) is 2. The fraction of sp³-hybridized carbons (Fsp3) is 0.419. The minimum absolute atomic E-state index is 0.00831. The Morgan fingerprint density at radius 1 is 1.00 bits per heavy atom. The van der Waals surface area contributed by atoms with Gasteiger partial charge in [0, 0.05) is 66.8 Å². The third kappa shape index (κ3) is 6.40. The number of hydrogen-bond acceptors (Lipinski definition) is 7. The number of carbonyl (C=O) groups is 2. The summed E-state index contributed by atoms with van der Waals surface area (Å²) in [7, 11) is 2.16. The van der Waals surface area contributed by atoms with Crippen LogP contribution in [-0.4, -0.2) is 75.5 Å². The highest BCUT2D eigenvalue weighted by Gasteiger charge is 2.38. The van der Waals surface area contributed by atoms with Gasteiger partial charge in [-0.2, -0.15) is 0 Å². The molecule has 5 rings (SSSR count). The molecule has 3 heterocycles. The summed E-state index contributed by atoms with van der Waals surface area (Å²) in [6.45, 7) is 8.95. The second-order valence-electron chi connectivity index (χ2n) is 10.1. The number of anilines is 1. The van der Waals surface area contributed by atoms with Crippen LogP contribution < -0.4 is 15.5 Å². The van der Waals surface area contributed by atoms with E-state index in [-0.39, 0.29) is 30.9 Å². The van der Waals surface area contributed by atoms with Gasteiger partial charge in [0.1, 0.15) is 6.61 Å². The lowest BCUT2D eigenvalue weighted by Gasteiger charge is -2.34. The first-order valence-electron chi connectivity index (χ1n) is 13.7. The maximum Gasteiger partial charge on any atom is 0.258 e. The molecule has 0 saturated carbocycles. The molecule has 0 bridgehead atoms. The van der Waals surface area contributed by atoms with Gasteiger partial charge in [0.05, 0.1) is 6.04 Å². The summed E-state index contributed by atoms with van der Waals surface area (Å²) in [6, 6.07) is 14.1. The van der Waals surface area contributed by atoms with E-state index in [9.17, 15) is 9.59 Å². The van der Waals surface area contributed by atoms with Crippen molar-refractivity contribution in [2.24, 2.45) is 0 Å². The number of imide groups is 1. The smallest absolute Gasteiger partial charge is 0.258 e. The molecule has 2 aromatic carbocycles. The molecule has 0 aromatic heterocycles. The highest BCUT2D eigenvalue weighted by molar-refractivity contribution is 6.31. The Labute approximate surface area is 230 Å². The molecular weight excluding hydrogens is 492 g/mol. The largest absolute Gasteiger partial charge is 0.369 e. The topological polar surface area (TPSA) is 93.1 Å². The zero-order valence-electron chi connectivity index (χ0n) is 22.8. The molecule has 3 aliphatic heterocycles. The highest BCUT2D eigenvalue weighted by Crippen LogP contribution is 2.35. The molecule has 2 saturated heterocycles. The maximum absolute atomic E-state index is 12.9. The van der Waals surface area contributed by atoms with Gasteiger partial charge in [-0.15, -0.1) is 0 Å². The molecular formula is C31H36N4O4. The quantitative estimate of drug-likeness (QED) is 0.179. The molecule has 2 N–H and O–H groups in total. The number of nitrogens with one attached hydrogen (secondary N) is 2. The predicted octanol–water partition coefficient (Wildman–Crippen LogP) is 2.95. The molecule has 3 atom stereocenters. The molecule has 204 valence electrons. The molecule has 2 amide bonds. The van der Waals surface area contributed by atoms with Crippen LogP contribution in [0.2, 0.25) is 0 Å². The van der Waals surface area contributed by atoms with Crippen molar-refractivity contribution in [1.29, 1.82) is 0 Å². The molecule has 0 aliphatic carbocycles. The van der Waals surface area contributed by atoms with Gasteiger partial charge in [-0.25, -0.2) is 0 Å². The summed E-state index contributed by atoms with van der Waals surface area (Å²) < 4.78 is 11.1. The lowest BCUT2D eigenvalue weighted by Crippen LogP contribution is -2.44. The van der Waals surface area contributed by atoms with Crippen molar-refractivity contribution in [3.05, 3.63) is 70.8 Å². The first-order chi connectivity index (χ1) is 19.0. The van der Waals surface area contributed by atoms with Crippen LogP contribution >= 0.6 is 0 Å². The Bertz CT molecular complexity index is 1300. The van der Waals surface area contributed by atoms with Crippen molar-refractivity contribution >= 4 is 23.1 Å². The third-order valence-electron chi connectivity index (χ3n) is 7.37. The average molecular weight is 529 g/mol. The fourth-order valence-corrected chi connectivity index (χ4v) is 5.05. The van der Waals surface area contributed by atoms with E-state index >= 15 is 0 Å². The molecule has 39 heavy (non-hydrogen) atoms. The van der Waals surface area contributed by atoms with E-state index < -0.39 is 5.91 Å². The average Bonchev–Trinajstić information content (AvgIpc) is 3.72. The lowest BCUT2D eigenvalue weighted by atomic mass is 9.92. The maximum atomic E-state index is 12.9. The Morgan fingerprint density at radius 2 is 1.77 bits per heavy atom. The minimum atomic E-state index is -0.391. The number of likely N-dealkylation sites (N-methyl/N-ethyl adjacent to an activating group) is 1. The van der Waals surface area contributed by atoms with Gasteiger partial charge in [0.25, 0.3) is 11.8 Å². The first-order valence-corrected chi connectivity index (χ1v) is 13.7. The standard InChI is InChI=1S/C31H36N4O4/c1-4-28(38-5-2)39-18-6-7-21-8-13-24-25(19-21)26(31(37)33-30(24)36)20-27-29(32-27)22-9-11-23(12-10-22)35-16-14-34(3)15-17-35/h8-13,19-20,27-29,32H,4-5,14-18H2,1-3H3,(H,33,36,37)/b26-20-. The van der Waals surface area contributed by atoms with E-state index in [0.29, 0.717) is 23.3 Å². The second-order valence-corrected chi connectivity index (χ2v) is 10.1. The van der Waals surface area contributed by atoms with Crippen LogP contribution in [0.5, 0.6) is 0 Å². The summed E-state index contributed by atoms with van der Waals surface area (Å²) in [5, 5.41) is 5.93. The minimum Gasteiger partial charge on any atom is -0.369 e. The van der Waals surface area contributed by atoms with Crippen molar-refractivity contribution in [1.82, 2.24) is 15.5 Å². The van der Waals surface area contributed by atoms with E-state index in [1.165, 1.54) is 11.3 Å². The van der Waals surface area contributed by atoms with Crippen LogP contribution in [0, 0.1) is 11.8 Å². The van der Waals surface area contributed by atoms with Crippen LogP contribution in [-0.2, 0) is 14.3 Å². The summed E-state index contributed by atoms with van der Waals surface area (Å²) in [5.41, 5.74) is 4.70. The molecule has 8 nitrogen and oxygen atoms in total. The van der Waals surface area contributed by atoms with Crippen LogP contribution in [0.25, 0.3) is 5.57 Å². The monoisotopic (exact) mass is 528 g/mol. The van der Waals surface area contributed by atoms with Crippen LogP contribution in [0.4, 0.5) is 5.69 Å². The van der Waals surface area contributed by atoms with Gasteiger partial charge in [-0.05, 0) is 56.3 Å². The third-order valence-corrected chi connectivity index (χ3v) is 7.37. The molecule has 2 aromatic rings. The van der Waals surface area contributed by atoms with Gasteiger partial charge in [0.2, 0.25) is 0 Å². The molecule has 2 fully saturated rings. The summed E-state index contributed by atoms with van der Waals surface area (Å²) >= 11 is 0. The Kier molecular flexibility index (Phi) is 8.44. The highest BCUT2D eigenvalue weighted by atomic mass is 16.7. The lowest BCUT2D eigenvalue weighted by molar-refractivity contribution is -0.131. The number of benzene rings is 2. The SMILES string of the molecule is CCOC(CC)OCC#Cc1ccc2c(c1)/C(=C/C1NC1c1ccc(N3CCN(C)CC3)cc1)C(=O)NC2=O. The molecule has 3 unspecified atom stereocenters. The van der Waals surface area contributed by atoms with Crippen molar-refractivity contribution in [3.8, 4) is 11.8 Å². The zero-order valence-corrected chi connectivity index (χ0v) is 22.8. The number of amides is 2. The van der Waals surface area contributed by atoms with Crippen molar-refractivity contribution < 1.29 is 19.1 Å².